The summed E-state index contributed by atoms with van der Waals surface area (Å²) in [6.45, 7) is 1.17. The third kappa shape index (κ3) is 1.68. The maximum atomic E-state index is 3.40. The molecule has 1 atom stereocenters. The molecule has 0 unspecified atom stereocenters. The molecule has 0 aliphatic carbocycles. The van der Waals surface area contributed by atoms with Crippen LogP contribution in [0.4, 0.5) is 5.69 Å². The Balaban J connectivity index is 2.13. The molecule has 2 rings (SSSR count). The van der Waals surface area contributed by atoms with Crippen molar-refractivity contribution in [3.8, 4) is 0 Å². The van der Waals surface area contributed by atoms with Crippen molar-refractivity contribution in [2.75, 3.05) is 25.5 Å². The van der Waals surface area contributed by atoms with E-state index < -0.39 is 0 Å². The highest BCUT2D eigenvalue weighted by Crippen LogP contribution is 2.24. The van der Waals surface area contributed by atoms with Crippen molar-refractivity contribution in [1.82, 2.24) is 5.32 Å². The molecule has 0 bridgehead atoms. The van der Waals surface area contributed by atoms with Gasteiger partial charge in [-0.3, -0.25) is 0 Å². The molecule has 13 heavy (non-hydrogen) atoms. The van der Waals surface area contributed by atoms with Crippen LogP contribution in [0.1, 0.15) is 18.0 Å². The average molecular weight is 176 g/mol. The second-order valence-corrected chi connectivity index (χ2v) is 3.78. The quantitative estimate of drug-likeness (QED) is 0.739. The molecule has 1 saturated heterocycles. The Morgan fingerprint density at radius 2 is 1.85 bits per heavy atom. The van der Waals surface area contributed by atoms with Crippen molar-refractivity contribution in [3.63, 3.8) is 0 Å². The zero-order valence-electron chi connectivity index (χ0n) is 8.25. The fourth-order valence-electron chi connectivity index (χ4n) is 1.58. The molecule has 0 saturated carbocycles. The fourth-order valence-corrected chi connectivity index (χ4v) is 1.58. The Bertz CT molecular complexity index is 273. The fraction of sp³-hybridized carbons (Fsp3) is 0.455. The summed E-state index contributed by atoms with van der Waals surface area (Å²) in [5.74, 6) is 0. The van der Waals surface area contributed by atoms with Crippen LogP contribution in [-0.4, -0.2) is 20.6 Å². The van der Waals surface area contributed by atoms with Gasteiger partial charge < -0.3 is 10.2 Å². The monoisotopic (exact) mass is 176 g/mol. The smallest absolute Gasteiger partial charge is 0.0361 e. The second-order valence-electron chi connectivity index (χ2n) is 3.78. The van der Waals surface area contributed by atoms with E-state index in [0.29, 0.717) is 6.04 Å². The maximum absolute atomic E-state index is 3.40. The van der Waals surface area contributed by atoms with E-state index in [4.69, 9.17) is 0 Å². The van der Waals surface area contributed by atoms with Crippen molar-refractivity contribution in [3.05, 3.63) is 29.8 Å². The molecule has 1 fully saturated rings. The summed E-state index contributed by atoms with van der Waals surface area (Å²) in [4.78, 5) is 2.12. The van der Waals surface area contributed by atoms with Gasteiger partial charge in [0, 0.05) is 25.8 Å². The highest BCUT2D eigenvalue weighted by molar-refractivity contribution is 5.46. The van der Waals surface area contributed by atoms with Crippen LogP contribution < -0.4 is 10.2 Å². The van der Waals surface area contributed by atoms with Crippen molar-refractivity contribution >= 4 is 5.69 Å². The zero-order valence-corrected chi connectivity index (χ0v) is 8.25. The highest BCUT2D eigenvalue weighted by Gasteiger charge is 2.17. The Morgan fingerprint density at radius 1 is 1.23 bits per heavy atom. The Morgan fingerprint density at radius 3 is 2.23 bits per heavy atom. The minimum Gasteiger partial charge on any atom is -0.378 e. The van der Waals surface area contributed by atoms with Crippen LogP contribution in [0.15, 0.2) is 24.3 Å². The van der Waals surface area contributed by atoms with E-state index in [9.17, 15) is 0 Å². The Kier molecular flexibility index (Phi) is 2.23. The highest BCUT2D eigenvalue weighted by atomic mass is 15.1. The van der Waals surface area contributed by atoms with Crippen molar-refractivity contribution < 1.29 is 0 Å². The lowest BCUT2D eigenvalue weighted by molar-refractivity contribution is 0.383. The molecule has 0 aromatic heterocycles. The Hall–Kier alpha value is -1.02. The third-order valence-corrected chi connectivity index (χ3v) is 2.64. The number of nitrogens with zero attached hydrogens (tertiary/aromatic N) is 1. The normalized spacial score (nSPS) is 20.9. The second kappa shape index (κ2) is 3.38. The first-order valence-corrected chi connectivity index (χ1v) is 4.78. The first-order valence-electron chi connectivity index (χ1n) is 4.78. The number of anilines is 1. The molecule has 1 heterocycles. The van der Waals surface area contributed by atoms with Gasteiger partial charge in [-0.1, -0.05) is 12.1 Å². The molecule has 1 N–H and O–H groups in total. The molecule has 1 aromatic carbocycles. The molecule has 2 nitrogen and oxygen atoms in total. The van der Waals surface area contributed by atoms with E-state index in [0.717, 1.165) is 0 Å². The third-order valence-electron chi connectivity index (χ3n) is 2.64. The minimum atomic E-state index is 0.608. The van der Waals surface area contributed by atoms with Crippen LogP contribution >= 0.6 is 0 Å². The molecule has 0 spiro atoms. The van der Waals surface area contributed by atoms with E-state index >= 15 is 0 Å². The summed E-state index contributed by atoms with van der Waals surface area (Å²) in [5.41, 5.74) is 2.68. The summed E-state index contributed by atoms with van der Waals surface area (Å²) < 4.78 is 0. The zero-order chi connectivity index (χ0) is 9.26. The summed E-state index contributed by atoms with van der Waals surface area (Å²) >= 11 is 0. The molecule has 2 heteroatoms. The standard InChI is InChI=1S/C11H16N2/c1-13(2)10-5-3-9(4-6-10)11-7-8-12-11/h3-6,11-12H,7-8H2,1-2H3/t11-/m1/s1. The first kappa shape index (κ1) is 8.57. The summed E-state index contributed by atoms with van der Waals surface area (Å²) in [5, 5.41) is 3.40. The van der Waals surface area contributed by atoms with E-state index in [1.807, 2.05) is 0 Å². The molecule has 1 aliphatic rings. The largest absolute Gasteiger partial charge is 0.378 e. The molecular weight excluding hydrogens is 160 g/mol. The van der Waals surface area contributed by atoms with Gasteiger partial charge in [0.25, 0.3) is 0 Å². The van der Waals surface area contributed by atoms with Gasteiger partial charge in [-0.25, -0.2) is 0 Å². The van der Waals surface area contributed by atoms with Crippen LogP contribution in [-0.2, 0) is 0 Å². The van der Waals surface area contributed by atoms with Crippen LogP contribution in [0.3, 0.4) is 0 Å². The number of hydrogen-bond donors (Lipinski definition) is 1. The molecule has 0 radical (unpaired) electrons. The van der Waals surface area contributed by atoms with Crippen molar-refractivity contribution in [2.24, 2.45) is 0 Å². The van der Waals surface area contributed by atoms with Crippen LogP contribution in [0.25, 0.3) is 0 Å². The van der Waals surface area contributed by atoms with Gasteiger partial charge in [0.2, 0.25) is 0 Å². The Labute approximate surface area is 79.6 Å². The summed E-state index contributed by atoms with van der Waals surface area (Å²) in [6, 6.07) is 9.39. The van der Waals surface area contributed by atoms with Crippen LogP contribution in [0.5, 0.6) is 0 Å². The van der Waals surface area contributed by atoms with Gasteiger partial charge >= 0.3 is 0 Å². The first-order chi connectivity index (χ1) is 6.27. The molecule has 1 aliphatic heterocycles. The van der Waals surface area contributed by atoms with Gasteiger partial charge in [-0.15, -0.1) is 0 Å². The predicted molar refractivity (Wildman–Crippen MR) is 56.1 cm³/mol. The topological polar surface area (TPSA) is 15.3 Å². The lowest BCUT2D eigenvalue weighted by atomic mass is 9.98. The SMILES string of the molecule is CN(C)c1ccc([C@H]2CCN2)cc1. The van der Waals surface area contributed by atoms with Crippen LogP contribution in [0, 0.1) is 0 Å². The molecule has 0 amide bonds. The summed E-state index contributed by atoms with van der Waals surface area (Å²) in [6.07, 6.45) is 1.28. The molecule has 70 valence electrons. The molecular formula is C11H16N2. The maximum Gasteiger partial charge on any atom is 0.0361 e. The molecule has 1 aromatic rings. The van der Waals surface area contributed by atoms with E-state index in [1.54, 1.807) is 0 Å². The number of benzene rings is 1. The number of hydrogen-bond acceptors (Lipinski definition) is 2. The average Bonchev–Trinajstić information content (AvgIpc) is 2.02. The predicted octanol–water partition coefficient (Wildman–Crippen LogP) is 1.79. The van der Waals surface area contributed by atoms with Crippen LogP contribution in [0.2, 0.25) is 0 Å². The number of rotatable bonds is 2. The van der Waals surface area contributed by atoms with Gasteiger partial charge in [0.05, 0.1) is 0 Å². The van der Waals surface area contributed by atoms with Crippen molar-refractivity contribution in [2.45, 2.75) is 12.5 Å². The summed E-state index contributed by atoms with van der Waals surface area (Å²) in [7, 11) is 4.13. The van der Waals surface area contributed by atoms with Crippen molar-refractivity contribution in [1.29, 1.82) is 0 Å². The number of nitrogens with one attached hydrogen (secondary N) is 1. The lowest BCUT2D eigenvalue weighted by Crippen LogP contribution is -2.34. The van der Waals surface area contributed by atoms with E-state index in [2.05, 4.69) is 48.6 Å². The van der Waals surface area contributed by atoms with E-state index in [1.165, 1.54) is 24.2 Å². The van der Waals surface area contributed by atoms with E-state index in [-0.39, 0.29) is 0 Å². The van der Waals surface area contributed by atoms with Gasteiger partial charge in [0.1, 0.15) is 0 Å². The lowest BCUT2D eigenvalue weighted by Gasteiger charge is -2.28. The minimum absolute atomic E-state index is 0.608. The van der Waals surface area contributed by atoms with Gasteiger partial charge in [-0.05, 0) is 30.7 Å². The van der Waals surface area contributed by atoms with Gasteiger partial charge in [-0.2, -0.15) is 0 Å². The van der Waals surface area contributed by atoms with Gasteiger partial charge in [0.15, 0.2) is 0 Å².